The number of allylic oxidation sites excluding steroid dienone is 10. The van der Waals surface area contributed by atoms with Gasteiger partial charge in [0.25, 0.3) is 0 Å². The number of thiophene rings is 2. The molecule has 2 aliphatic rings. The molecular weight excluding hydrogens is 462 g/mol. The van der Waals surface area contributed by atoms with Crippen LogP contribution in [-0.4, -0.2) is 0 Å². The van der Waals surface area contributed by atoms with Crippen LogP contribution in [0.1, 0.15) is 30.9 Å². The lowest BCUT2D eigenvalue weighted by molar-refractivity contribution is -0.675. The van der Waals surface area contributed by atoms with Crippen LogP contribution in [0.3, 0.4) is 0 Å². The molecule has 0 spiro atoms. The first-order valence-corrected chi connectivity index (χ1v) is 13.5. The Morgan fingerprint density at radius 2 is 0.943 bits per heavy atom. The van der Waals surface area contributed by atoms with Crippen molar-refractivity contribution in [1.82, 2.24) is 0 Å². The van der Waals surface area contributed by atoms with Gasteiger partial charge in [-0.25, -0.2) is 0 Å². The Morgan fingerprint density at radius 3 is 1.37 bits per heavy atom. The average molecular weight is 491 g/mol. The third kappa shape index (κ3) is 6.33. The third-order valence-corrected chi connectivity index (χ3v) is 7.99. The molecule has 0 radical (unpaired) electrons. The van der Waals surface area contributed by atoms with Crippen molar-refractivity contribution < 1.29 is 4.57 Å². The smallest absolute Gasteiger partial charge is 0.195 e. The topological polar surface area (TPSA) is 3.88 Å². The Bertz CT molecular complexity index is 1290. The molecular formula is C32H28NS2+. The van der Waals surface area contributed by atoms with Gasteiger partial charge in [-0.15, -0.1) is 22.7 Å². The number of hydrogen-bond donors (Lipinski definition) is 0. The van der Waals surface area contributed by atoms with Crippen LogP contribution in [-0.2, 0) is 7.05 Å². The molecule has 3 heterocycles. The van der Waals surface area contributed by atoms with Crippen molar-refractivity contribution in [3.8, 4) is 0 Å². The minimum atomic E-state index is 0.426. The quantitative estimate of drug-likeness (QED) is 0.279. The monoisotopic (exact) mass is 490 g/mol. The maximum atomic E-state index is 2.24. The summed E-state index contributed by atoms with van der Waals surface area (Å²) in [6.07, 6.45) is 34.9. The molecule has 0 aliphatic heterocycles. The van der Waals surface area contributed by atoms with Gasteiger partial charge < -0.3 is 0 Å². The molecule has 3 heteroatoms. The first-order chi connectivity index (χ1) is 17.2. The van der Waals surface area contributed by atoms with Crippen molar-refractivity contribution in [2.45, 2.75) is 0 Å². The molecule has 0 unspecified atom stereocenters. The summed E-state index contributed by atoms with van der Waals surface area (Å²) in [7, 11) is 2.12. The lowest BCUT2D eigenvalue weighted by atomic mass is 10.1. The second kappa shape index (κ2) is 11.3. The normalized spacial score (nSPS) is 16.1. The molecule has 3 aromatic heterocycles. The fraction of sp³-hybridized carbons (Fsp3) is 0.0938. The second-order valence-electron chi connectivity index (χ2n) is 8.49. The van der Waals surface area contributed by atoms with Crippen molar-refractivity contribution in [3.05, 3.63) is 134 Å². The summed E-state index contributed by atoms with van der Waals surface area (Å²) in [5, 5.41) is 0. The van der Waals surface area contributed by atoms with E-state index in [1.165, 1.54) is 30.9 Å². The number of nitrogens with zero attached hydrogens (tertiary/aromatic N) is 1. The van der Waals surface area contributed by atoms with Crippen LogP contribution >= 0.6 is 22.7 Å². The van der Waals surface area contributed by atoms with Gasteiger partial charge in [0.15, 0.2) is 0 Å². The summed E-state index contributed by atoms with van der Waals surface area (Å²) in [5.41, 5.74) is 2.35. The van der Waals surface area contributed by atoms with E-state index in [0.29, 0.717) is 11.8 Å². The molecule has 35 heavy (non-hydrogen) atoms. The van der Waals surface area contributed by atoms with Crippen LogP contribution in [0, 0.1) is 11.8 Å². The van der Waals surface area contributed by atoms with Crippen LogP contribution in [0.25, 0.3) is 36.5 Å². The molecule has 3 aromatic rings. The summed E-state index contributed by atoms with van der Waals surface area (Å²) in [6.45, 7) is 0. The molecule has 0 amide bonds. The Kier molecular flexibility index (Phi) is 7.47. The predicted octanol–water partition coefficient (Wildman–Crippen LogP) is 8.49. The summed E-state index contributed by atoms with van der Waals surface area (Å²) in [4.78, 5) is 5.07. The van der Waals surface area contributed by atoms with Crippen LogP contribution in [0.15, 0.2) is 103 Å². The minimum absolute atomic E-state index is 0.426. The summed E-state index contributed by atoms with van der Waals surface area (Å²) < 4.78 is 2.23. The molecule has 0 N–H and O–H groups in total. The SMILES string of the molecule is C[n+]1c(/C=C/c2ccc(/C=C/C3C=CC=C3)s2)cccc1/C=C/c1ccc(/C=C/C2C=CC=C2)s1. The highest BCUT2D eigenvalue weighted by Gasteiger charge is 2.08. The standard InChI is InChI=1S/C32H28NS2/c1-33-27(15-19-31-23-21-29(34-31)17-13-25-7-2-3-8-25)11-6-12-28(33)16-20-32-24-22-30(35-32)18-14-26-9-4-5-10-26/h2-26H,1H3/q+1/b17-13+,18-14+,19-15+,20-16+. The highest BCUT2D eigenvalue weighted by molar-refractivity contribution is 7.14. The molecule has 172 valence electrons. The van der Waals surface area contributed by atoms with Gasteiger partial charge in [-0.3, -0.25) is 0 Å². The fourth-order valence-corrected chi connectivity index (χ4v) is 5.60. The van der Waals surface area contributed by atoms with Gasteiger partial charge in [0.1, 0.15) is 7.05 Å². The predicted molar refractivity (Wildman–Crippen MR) is 156 cm³/mol. The van der Waals surface area contributed by atoms with Gasteiger partial charge in [-0.1, -0.05) is 60.8 Å². The van der Waals surface area contributed by atoms with Gasteiger partial charge in [-0.05, 0) is 54.6 Å². The van der Waals surface area contributed by atoms with Crippen LogP contribution < -0.4 is 4.57 Å². The van der Waals surface area contributed by atoms with Gasteiger partial charge in [0, 0.05) is 55.6 Å². The molecule has 1 nitrogen and oxygen atoms in total. The van der Waals surface area contributed by atoms with E-state index < -0.39 is 0 Å². The van der Waals surface area contributed by atoms with Gasteiger partial charge >= 0.3 is 0 Å². The highest BCUT2D eigenvalue weighted by Crippen LogP contribution is 2.23. The van der Waals surface area contributed by atoms with Crippen LogP contribution in [0.4, 0.5) is 0 Å². The first kappa shape index (κ1) is 23.2. The summed E-state index contributed by atoms with van der Waals surface area (Å²) >= 11 is 3.62. The van der Waals surface area contributed by atoms with E-state index in [1.807, 2.05) is 22.7 Å². The molecule has 0 saturated heterocycles. The Balaban J connectivity index is 1.23. The maximum Gasteiger partial charge on any atom is 0.205 e. The molecule has 0 fully saturated rings. The lowest BCUT2D eigenvalue weighted by Crippen LogP contribution is -2.35. The minimum Gasteiger partial charge on any atom is -0.195 e. The van der Waals surface area contributed by atoms with E-state index in [9.17, 15) is 0 Å². The Hall–Kier alpha value is -3.53. The van der Waals surface area contributed by atoms with Crippen molar-refractivity contribution in [3.63, 3.8) is 0 Å². The van der Waals surface area contributed by atoms with Gasteiger partial charge in [0.05, 0.1) is 0 Å². The second-order valence-corrected chi connectivity index (χ2v) is 10.8. The molecule has 0 aromatic carbocycles. The van der Waals surface area contributed by atoms with Crippen molar-refractivity contribution >= 4 is 59.1 Å². The zero-order chi connectivity index (χ0) is 23.9. The third-order valence-electron chi connectivity index (χ3n) is 5.96. The number of hydrogen-bond acceptors (Lipinski definition) is 2. The van der Waals surface area contributed by atoms with E-state index >= 15 is 0 Å². The van der Waals surface area contributed by atoms with Crippen LogP contribution in [0.5, 0.6) is 0 Å². The van der Waals surface area contributed by atoms with Crippen molar-refractivity contribution in [2.75, 3.05) is 0 Å². The average Bonchev–Trinajstić information content (AvgIpc) is 3.68. The van der Waals surface area contributed by atoms with Crippen LogP contribution in [0.2, 0.25) is 0 Å². The molecule has 0 bridgehead atoms. The van der Waals surface area contributed by atoms with E-state index in [0.717, 1.165) is 0 Å². The number of aromatic nitrogens is 1. The van der Waals surface area contributed by atoms with Gasteiger partial charge in [-0.2, -0.15) is 4.57 Å². The lowest BCUT2D eigenvalue weighted by Gasteiger charge is -1.98. The molecule has 2 aliphatic carbocycles. The summed E-state index contributed by atoms with van der Waals surface area (Å²) in [6, 6.07) is 15.2. The Labute approximate surface area is 216 Å². The number of rotatable bonds is 8. The van der Waals surface area contributed by atoms with E-state index in [2.05, 4.69) is 151 Å². The van der Waals surface area contributed by atoms with Crippen molar-refractivity contribution in [1.29, 1.82) is 0 Å². The maximum absolute atomic E-state index is 2.24. The molecule has 0 atom stereocenters. The highest BCUT2D eigenvalue weighted by atomic mass is 32.1. The van der Waals surface area contributed by atoms with Crippen molar-refractivity contribution in [2.24, 2.45) is 18.9 Å². The molecule has 5 rings (SSSR count). The number of pyridine rings is 1. The van der Waals surface area contributed by atoms with E-state index in [1.54, 1.807) is 0 Å². The first-order valence-electron chi connectivity index (χ1n) is 11.8. The van der Waals surface area contributed by atoms with E-state index in [4.69, 9.17) is 0 Å². The largest absolute Gasteiger partial charge is 0.205 e. The van der Waals surface area contributed by atoms with Gasteiger partial charge in [0.2, 0.25) is 11.4 Å². The Morgan fingerprint density at radius 1 is 0.543 bits per heavy atom. The fourth-order valence-electron chi connectivity index (χ4n) is 3.95. The zero-order valence-corrected chi connectivity index (χ0v) is 21.3. The summed E-state index contributed by atoms with van der Waals surface area (Å²) in [5.74, 6) is 0.852. The van der Waals surface area contributed by atoms with E-state index in [-0.39, 0.29) is 0 Å². The zero-order valence-electron chi connectivity index (χ0n) is 19.7. The molecule has 0 saturated carbocycles.